The fourth-order valence-electron chi connectivity index (χ4n) is 2.66. The van der Waals surface area contributed by atoms with E-state index in [4.69, 9.17) is 5.21 Å². The number of carbonyl (C=O) groups is 1. The van der Waals surface area contributed by atoms with Crippen molar-refractivity contribution in [1.82, 2.24) is 15.7 Å². The molecule has 0 spiro atoms. The van der Waals surface area contributed by atoms with Crippen LogP contribution < -0.4 is 10.8 Å². The second-order valence-corrected chi connectivity index (χ2v) is 5.58. The van der Waals surface area contributed by atoms with Gasteiger partial charge in [-0.05, 0) is 54.8 Å². The molecule has 122 valence electrons. The second-order valence-electron chi connectivity index (χ2n) is 5.58. The van der Waals surface area contributed by atoms with Crippen molar-refractivity contribution in [3.63, 3.8) is 0 Å². The molecule has 6 heteroatoms. The molecule has 0 unspecified atom stereocenters. The van der Waals surface area contributed by atoms with Crippen LogP contribution in [-0.4, -0.2) is 21.3 Å². The van der Waals surface area contributed by atoms with Crippen molar-refractivity contribution in [2.45, 2.75) is 13.8 Å². The lowest BCUT2D eigenvalue weighted by Gasteiger charge is -2.15. The third-order valence-electron chi connectivity index (χ3n) is 3.92. The maximum absolute atomic E-state index is 11.8. The first kappa shape index (κ1) is 15.8. The maximum Gasteiger partial charge on any atom is 0.276 e. The monoisotopic (exact) mass is 322 g/mol. The minimum atomic E-state index is -0.553. The van der Waals surface area contributed by atoms with Crippen LogP contribution in [0.5, 0.6) is 0 Å². The number of amides is 1. The number of hydrogen-bond donors (Lipinski definition) is 4. The zero-order valence-corrected chi connectivity index (χ0v) is 13.4. The number of anilines is 2. The van der Waals surface area contributed by atoms with Crippen molar-refractivity contribution in [3.05, 3.63) is 65.5 Å². The molecule has 4 N–H and O–H groups in total. The number of hydroxylamine groups is 1. The summed E-state index contributed by atoms with van der Waals surface area (Å²) in [7, 11) is 0. The number of aromatic amines is 1. The molecule has 3 aromatic rings. The predicted octanol–water partition coefficient (Wildman–Crippen LogP) is 3.56. The summed E-state index contributed by atoms with van der Waals surface area (Å²) >= 11 is 0. The van der Waals surface area contributed by atoms with Gasteiger partial charge in [-0.2, -0.15) is 5.10 Å². The number of aromatic nitrogens is 2. The Balaban J connectivity index is 1.98. The Morgan fingerprint density at radius 2 is 1.92 bits per heavy atom. The van der Waals surface area contributed by atoms with Gasteiger partial charge in [-0.1, -0.05) is 12.1 Å². The van der Waals surface area contributed by atoms with Gasteiger partial charge < -0.3 is 5.32 Å². The number of rotatable bonds is 4. The molecule has 1 amide bonds. The first-order valence-electron chi connectivity index (χ1n) is 7.51. The molecule has 0 bridgehead atoms. The quantitative estimate of drug-likeness (QED) is 0.437. The van der Waals surface area contributed by atoms with Crippen LogP contribution in [0.1, 0.15) is 21.5 Å². The second kappa shape index (κ2) is 6.55. The maximum atomic E-state index is 11.8. The Hall–Kier alpha value is -3.12. The highest BCUT2D eigenvalue weighted by atomic mass is 16.5. The molecule has 3 rings (SSSR count). The van der Waals surface area contributed by atoms with Crippen molar-refractivity contribution in [3.8, 4) is 11.1 Å². The number of hydrogen-bond acceptors (Lipinski definition) is 4. The van der Waals surface area contributed by atoms with Crippen LogP contribution >= 0.6 is 0 Å². The van der Waals surface area contributed by atoms with Gasteiger partial charge in [0.25, 0.3) is 5.91 Å². The smallest absolute Gasteiger partial charge is 0.276 e. The third-order valence-corrected chi connectivity index (χ3v) is 3.92. The fourth-order valence-corrected chi connectivity index (χ4v) is 2.66. The summed E-state index contributed by atoms with van der Waals surface area (Å²) in [6.07, 6.45) is 3.64. The zero-order valence-electron chi connectivity index (χ0n) is 13.4. The van der Waals surface area contributed by atoms with Crippen LogP contribution in [0.2, 0.25) is 0 Å². The van der Waals surface area contributed by atoms with E-state index in [9.17, 15) is 4.79 Å². The standard InChI is InChI=1S/C18H18N4O2/c1-11-8-17(12(2)7-15(11)13-9-19-20-10-13)21-16-6-4-3-5-14(16)18(23)22-24/h3-10,21,24H,1-2H3,(H,19,20)(H,22,23). The van der Waals surface area contributed by atoms with Gasteiger partial charge in [-0.25, -0.2) is 5.48 Å². The molecule has 1 aromatic heterocycles. The molecule has 24 heavy (non-hydrogen) atoms. The van der Waals surface area contributed by atoms with E-state index in [1.165, 1.54) is 0 Å². The van der Waals surface area contributed by atoms with Crippen LogP contribution in [-0.2, 0) is 0 Å². The van der Waals surface area contributed by atoms with E-state index in [1.54, 1.807) is 29.9 Å². The van der Waals surface area contributed by atoms with Gasteiger partial charge in [-0.3, -0.25) is 15.1 Å². The summed E-state index contributed by atoms with van der Waals surface area (Å²) < 4.78 is 0. The lowest BCUT2D eigenvalue weighted by atomic mass is 9.99. The van der Waals surface area contributed by atoms with Crippen molar-refractivity contribution < 1.29 is 10.0 Å². The highest BCUT2D eigenvalue weighted by Crippen LogP contribution is 2.30. The molecule has 0 fully saturated rings. The number of carbonyl (C=O) groups excluding carboxylic acids is 1. The van der Waals surface area contributed by atoms with Crippen molar-refractivity contribution in [2.75, 3.05) is 5.32 Å². The minimum absolute atomic E-state index is 0.371. The molecule has 6 nitrogen and oxygen atoms in total. The molecule has 1 heterocycles. The van der Waals surface area contributed by atoms with Gasteiger partial charge in [0.05, 0.1) is 17.4 Å². The van der Waals surface area contributed by atoms with Gasteiger partial charge >= 0.3 is 0 Å². The molecular weight excluding hydrogens is 304 g/mol. The minimum Gasteiger partial charge on any atom is -0.355 e. The van der Waals surface area contributed by atoms with Gasteiger partial charge in [0.1, 0.15) is 0 Å². The number of nitrogens with zero attached hydrogens (tertiary/aromatic N) is 1. The Bertz CT molecular complexity index is 873. The summed E-state index contributed by atoms with van der Waals surface area (Å²) in [5.41, 5.74) is 7.84. The number of benzene rings is 2. The molecule has 0 radical (unpaired) electrons. The average molecular weight is 322 g/mol. The fraction of sp³-hybridized carbons (Fsp3) is 0.111. The van der Waals surface area contributed by atoms with E-state index in [0.717, 1.165) is 27.9 Å². The van der Waals surface area contributed by atoms with E-state index in [0.29, 0.717) is 11.3 Å². The van der Waals surface area contributed by atoms with Gasteiger partial charge in [0, 0.05) is 17.4 Å². The summed E-state index contributed by atoms with van der Waals surface area (Å²) in [6.45, 7) is 4.03. The topological polar surface area (TPSA) is 90.0 Å². The summed E-state index contributed by atoms with van der Waals surface area (Å²) in [4.78, 5) is 11.8. The molecule has 0 atom stereocenters. The van der Waals surface area contributed by atoms with Crippen LogP contribution in [0.4, 0.5) is 11.4 Å². The predicted molar refractivity (Wildman–Crippen MR) is 92.5 cm³/mol. The first-order valence-corrected chi connectivity index (χ1v) is 7.51. The van der Waals surface area contributed by atoms with Gasteiger partial charge in [0.2, 0.25) is 0 Å². The van der Waals surface area contributed by atoms with E-state index in [-0.39, 0.29) is 0 Å². The van der Waals surface area contributed by atoms with E-state index in [2.05, 4.69) is 21.6 Å². The zero-order chi connectivity index (χ0) is 17.1. The highest BCUT2D eigenvalue weighted by molar-refractivity contribution is 5.99. The van der Waals surface area contributed by atoms with Crippen LogP contribution in [0.25, 0.3) is 11.1 Å². The number of para-hydroxylation sites is 1. The van der Waals surface area contributed by atoms with Gasteiger partial charge in [-0.15, -0.1) is 0 Å². The number of H-pyrrole nitrogens is 1. The highest BCUT2D eigenvalue weighted by Gasteiger charge is 2.12. The molecule has 0 saturated heterocycles. The SMILES string of the molecule is Cc1cc(-c2cn[nH]c2)c(C)cc1Nc1ccccc1C(=O)NO. The number of nitrogens with one attached hydrogen (secondary N) is 3. The molecule has 2 aromatic carbocycles. The summed E-state index contributed by atoms with van der Waals surface area (Å²) in [6, 6.07) is 11.1. The molecular formula is C18H18N4O2. The number of aryl methyl sites for hydroxylation is 2. The van der Waals surface area contributed by atoms with Crippen molar-refractivity contribution in [1.29, 1.82) is 0 Å². The Morgan fingerprint density at radius 1 is 1.12 bits per heavy atom. The Labute approximate surface area is 139 Å². The first-order chi connectivity index (χ1) is 11.6. The summed E-state index contributed by atoms with van der Waals surface area (Å²) in [5, 5.41) is 19.0. The largest absolute Gasteiger partial charge is 0.355 e. The molecule has 0 aliphatic rings. The molecule has 0 saturated carbocycles. The van der Waals surface area contributed by atoms with Gasteiger partial charge in [0.15, 0.2) is 0 Å². The summed E-state index contributed by atoms with van der Waals surface area (Å²) in [5.74, 6) is -0.553. The lowest BCUT2D eigenvalue weighted by Crippen LogP contribution is -2.19. The Morgan fingerprint density at radius 3 is 2.62 bits per heavy atom. The lowest BCUT2D eigenvalue weighted by molar-refractivity contribution is 0.0707. The van der Waals surface area contributed by atoms with E-state index < -0.39 is 5.91 Å². The van der Waals surface area contributed by atoms with E-state index >= 15 is 0 Å². The van der Waals surface area contributed by atoms with E-state index in [1.807, 2.05) is 32.2 Å². The third kappa shape index (κ3) is 3.00. The molecule has 0 aliphatic carbocycles. The normalized spacial score (nSPS) is 10.5. The van der Waals surface area contributed by atoms with Crippen LogP contribution in [0.15, 0.2) is 48.8 Å². The Kier molecular flexibility index (Phi) is 4.31. The van der Waals surface area contributed by atoms with Crippen LogP contribution in [0, 0.1) is 13.8 Å². The van der Waals surface area contributed by atoms with Crippen LogP contribution in [0.3, 0.4) is 0 Å². The average Bonchev–Trinajstić information content (AvgIpc) is 3.12. The van der Waals surface area contributed by atoms with Crippen molar-refractivity contribution >= 4 is 17.3 Å². The molecule has 0 aliphatic heterocycles. The van der Waals surface area contributed by atoms with Crippen molar-refractivity contribution in [2.24, 2.45) is 0 Å².